The Morgan fingerprint density at radius 3 is 2.31 bits per heavy atom. The summed E-state index contributed by atoms with van der Waals surface area (Å²) in [6, 6.07) is 7.17. The maximum Gasteiger partial charge on any atom is 0.416 e. The van der Waals surface area contributed by atoms with Crippen LogP contribution in [0, 0.1) is 6.92 Å². The van der Waals surface area contributed by atoms with Crippen LogP contribution in [0.4, 0.5) is 18.9 Å². The van der Waals surface area contributed by atoms with Crippen LogP contribution in [-0.2, 0) is 16.2 Å². The third-order valence-electron chi connectivity index (χ3n) is 3.88. The Bertz CT molecular complexity index is 906. The highest BCUT2D eigenvalue weighted by molar-refractivity contribution is 7.92. The molecule has 142 valence electrons. The molecule has 0 atom stereocenters. The first kappa shape index (κ1) is 20.1. The van der Waals surface area contributed by atoms with Gasteiger partial charge in [0.15, 0.2) is 0 Å². The van der Waals surface area contributed by atoms with Crippen molar-refractivity contribution >= 4 is 15.7 Å². The van der Waals surface area contributed by atoms with Crippen LogP contribution in [0.15, 0.2) is 41.3 Å². The molecule has 2 aromatic carbocycles. The van der Waals surface area contributed by atoms with Crippen LogP contribution in [0.5, 0.6) is 5.75 Å². The van der Waals surface area contributed by atoms with Gasteiger partial charge in [0, 0.05) is 5.69 Å². The van der Waals surface area contributed by atoms with Crippen molar-refractivity contribution in [1.29, 1.82) is 0 Å². The number of hydrogen-bond donors (Lipinski definition) is 1. The first-order chi connectivity index (χ1) is 12.0. The summed E-state index contributed by atoms with van der Waals surface area (Å²) in [6.07, 6.45) is -4.55. The molecular weight excluding hydrogens is 367 g/mol. The molecule has 8 heteroatoms. The van der Waals surface area contributed by atoms with Crippen molar-refractivity contribution in [3.63, 3.8) is 0 Å². The van der Waals surface area contributed by atoms with Crippen molar-refractivity contribution in [3.8, 4) is 5.75 Å². The number of benzene rings is 2. The van der Waals surface area contributed by atoms with Gasteiger partial charge in [0.1, 0.15) is 5.75 Å². The van der Waals surface area contributed by atoms with Gasteiger partial charge in [-0.25, -0.2) is 8.42 Å². The molecule has 2 rings (SSSR count). The number of hydrogen-bond acceptors (Lipinski definition) is 3. The lowest BCUT2D eigenvalue weighted by Crippen LogP contribution is -2.16. The van der Waals surface area contributed by atoms with Crippen LogP contribution in [0.25, 0.3) is 0 Å². The molecule has 0 bridgehead atoms. The average Bonchev–Trinajstić information content (AvgIpc) is 2.52. The van der Waals surface area contributed by atoms with Crippen molar-refractivity contribution in [2.75, 3.05) is 11.8 Å². The molecule has 26 heavy (non-hydrogen) atoms. The summed E-state index contributed by atoms with van der Waals surface area (Å²) in [7, 11) is -2.56. The molecule has 0 aromatic heterocycles. The highest BCUT2D eigenvalue weighted by atomic mass is 32.2. The molecule has 0 heterocycles. The largest absolute Gasteiger partial charge is 0.496 e. The van der Waals surface area contributed by atoms with E-state index < -0.39 is 21.8 Å². The molecule has 0 unspecified atom stereocenters. The number of alkyl halides is 3. The second-order valence-corrected chi connectivity index (χ2v) is 7.85. The zero-order chi connectivity index (χ0) is 19.7. The quantitative estimate of drug-likeness (QED) is 0.790. The number of ether oxygens (including phenoxy) is 1. The van der Waals surface area contributed by atoms with Crippen LogP contribution in [-0.4, -0.2) is 15.5 Å². The van der Waals surface area contributed by atoms with Crippen LogP contribution in [0.3, 0.4) is 0 Å². The van der Waals surface area contributed by atoms with Gasteiger partial charge >= 0.3 is 6.18 Å². The fourth-order valence-electron chi connectivity index (χ4n) is 2.56. The van der Waals surface area contributed by atoms with Gasteiger partial charge in [-0.2, -0.15) is 13.2 Å². The molecule has 0 aliphatic carbocycles. The average molecular weight is 387 g/mol. The minimum atomic E-state index is -4.55. The summed E-state index contributed by atoms with van der Waals surface area (Å²) in [6.45, 7) is 5.39. The van der Waals surface area contributed by atoms with Gasteiger partial charge in [-0.3, -0.25) is 4.72 Å². The van der Waals surface area contributed by atoms with Gasteiger partial charge in [-0.05, 0) is 54.3 Å². The van der Waals surface area contributed by atoms with Gasteiger partial charge in [-0.1, -0.05) is 19.9 Å². The van der Waals surface area contributed by atoms with E-state index in [0.29, 0.717) is 16.9 Å². The van der Waals surface area contributed by atoms with E-state index in [4.69, 9.17) is 4.74 Å². The lowest BCUT2D eigenvalue weighted by Gasteiger charge is -2.17. The Hall–Kier alpha value is -2.22. The minimum absolute atomic E-state index is 0.000545. The van der Waals surface area contributed by atoms with Crippen LogP contribution in [0.1, 0.15) is 36.5 Å². The van der Waals surface area contributed by atoms with Crippen molar-refractivity contribution in [3.05, 3.63) is 53.1 Å². The molecule has 0 radical (unpaired) electrons. The molecule has 0 saturated heterocycles. The number of sulfonamides is 1. The monoisotopic (exact) mass is 387 g/mol. The molecular formula is C18H20F3NO3S. The Labute approximate surface area is 151 Å². The molecule has 0 fully saturated rings. The Balaban J connectivity index is 2.47. The summed E-state index contributed by atoms with van der Waals surface area (Å²) >= 11 is 0. The maximum atomic E-state index is 12.8. The molecule has 0 spiro atoms. The third-order valence-corrected chi connectivity index (χ3v) is 5.40. The molecule has 1 N–H and O–H groups in total. The smallest absolute Gasteiger partial charge is 0.416 e. The van der Waals surface area contributed by atoms with Crippen LogP contribution < -0.4 is 9.46 Å². The Morgan fingerprint density at radius 2 is 1.77 bits per heavy atom. The second kappa shape index (κ2) is 7.19. The van der Waals surface area contributed by atoms with Crippen molar-refractivity contribution < 1.29 is 26.3 Å². The summed E-state index contributed by atoms with van der Waals surface area (Å²) in [5.41, 5.74) is 0.0569. The molecule has 4 nitrogen and oxygen atoms in total. The van der Waals surface area contributed by atoms with Crippen molar-refractivity contribution in [1.82, 2.24) is 0 Å². The number of anilines is 1. The van der Waals surface area contributed by atoms with Crippen LogP contribution in [0.2, 0.25) is 0 Å². The fourth-order valence-corrected chi connectivity index (χ4v) is 3.88. The van der Waals surface area contributed by atoms with Crippen molar-refractivity contribution in [2.24, 2.45) is 0 Å². The SMILES string of the molecule is COc1cc(C)c(S(=O)(=O)Nc2cccc(C(F)(F)F)c2)cc1C(C)C. The van der Waals surface area contributed by atoms with Gasteiger partial charge in [0.2, 0.25) is 0 Å². The normalized spacial score (nSPS) is 12.3. The van der Waals surface area contributed by atoms with E-state index in [-0.39, 0.29) is 16.5 Å². The number of methoxy groups -OCH3 is 1. The van der Waals surface area contributed by atoms with Gasteiger partial charge < -0.3 is 4.74 Å². The molecule has 0 aliphatic heterocycles. The van der Waals surface area contributed by atoms with Gasteiger partial charge in [-0.15, -0.1) is 0 Å². The summed E-state index contributed by atoms with van der Waals surface area (Å²) in [5.74, 6) is 0.573. The van der Waals surface area contributed by atoms with E-state index in [2.05, 4.69) is 4.72 Å². The highest BCUT2D eigenvalue weighted by Gasteiger charge is 2.31. The Morgan fingerprint density at radius 1 is 1.12 bits per heavy atom. The number of rotatable bonds is 5. The summed E-state index contributed by atoms with van der Waals surface area (Å²) < 4.78 is 71.4. The molecule has 2 aromatic rings. The molecule has 0 amide bonds. The van der Waals surface area contributed by atoms with Gasteiger partial charge in [0.05, 0.1) is 17.6 Å². The number of nitrogens with one attached hydrogen (secondary N) is 1. The Kier molecular flexibility index (Phi) is 5.55. The zero-order valence-corrected chi connectivity index (χ0v) is 15.6. The topological polar surface area (TPSA) is 55.4 Å². The number of halogens is 3. The molecule has 0 aliphatic rings. The van der Waals surface area contributed by atoms with E-state index in [1.54, 1.807) is 13.0 Å². The van der Waals surface area contributed by atoms with E-state index in [9.17, 15) is 21.6 Å². The van der Waals surface area contributed by atoms with Crippen LogP contribution >= 0.6 is 0 Å². The standard InChI is InChI=1S/C18H20F3NO3S/c1-11(2)15-10-17(12(3)8-16(15)25-4)26(23,24)22-14-7-5-6-13(9-14)18(19,20)21/h5-11,22H,1-4H3. The predicted molar refractivity (Wildman–Crippen MR) is 94.1 cm³/mol. The lowest BCUT2D eigenvalue weighted by atomic mass is 10.0. The second-order valence-electron chi connectivity index (χ2n) is 6.20. The summed E-state index contributed by atoms with van der Waals surface area (Å²) in [5, 5.41) is 0. The predicted octanol–water partition coefficient (Wildman–Crippen LogP) is 4.95. The van der Waals surface area contributed by atoms with E-state index in [1.165, 1.54) is 19.2 Å². The van der Waals surface area contributed by atoms with E-state index >= 15 is 0 Å². The van der Waals surface area contributed by atoms with E-state index in [0.717, 1.165) is 18.2 Å². The third kappa shape index (κ3) is 4.30. The zero-order valence-electron chi connectivity index (χ0n) is 14.8. The lowest BCUT2D eigenvalue weighted by molar-refractivity contribution is -0.137. The van der Waals surface area contributed by atoms with E-state index in [1.807, 2.05) is 13.8 Å². The first-order valence-corrected chi connectivity index (χ1v) is 9.32. The first-order valence-electron chi connectivity index (χ1n) is 7.84. The fraction of sp³-hybridized carbons (Fsp3) is 0.333. The number of aryl methyl sites for hydroxylation is 1. The van der Waals surface area contributed by atoms with Gasteiger partial charge in [0.25, 0.3) is 10.0 Å². The molecule has 0 saturated carbocycles. The highest BCUT2D eigenvalue weighted by Crippen LogP contribution is 2.34. The maximum absolute atomic E-state index is 12.8. The van der Waals surface area contributed by atoms with Crippen molar-refractivity contribution in [2.45, 2.75) is 37.8 Å². The minimum Gasteiger partial charge on any atom is -0.496 e. The summed E-state index contributed by atoms with van der Waals surface area (Å²) in [4.78, 5) is -0.000545.